The van der Waals surface area contributed by atoms with E-state index in [-0.39, 0.29) is 33.1 Å². The van der Waals surface area contributed by atoms with E-state index in [1.54, 1.807) is 24.3 Å². The van der Waals surface area contributed by atoms with Crippen molar-refractivity contribution in [3.05, 3.63) is 79.9 Å². The van der Waals surface area contributed by atoms with Crippen LogP contribution in [0.4, 0.5) is 11.4 Å². The highest BCUT2D eigenvalue weighted by molar-refractivity contribution is 5.43. The van der Waals surface area contributed by atoms with Gasteiger partial charge in [0.15, 0.2) is 0 Å². The molecule has 2 atom stereocenters. The molecule has 0 saturated carbocycles. The molecule has 0 bridgehead atoms. The van der Waals surface area contributed by atoms with Gasteiger partial charge < -0.3 is 4.74 Å². The van der Waals surface area contributed by atoms with E-state index in [0.29, 0.717) is 0 Å². The second-order valence-electron chi connectivity index (χ2n) is 9.15. The van der Waals surface area contributed by atoms with Crippen LogP contribution in [-0.2, 0) is 4.74 Å². The smallest absolute Gasteiger partial charge is 0.272 e. The molecule has 2 unspecified atom stereocenters. The van der Waals surface area contributed by atoms with Crippen LogP contribution in [0, 0.1) is 20.2 Å². The van der Waals surface area contributed by atoms with Gasteiger partial charge in [0.1, 0.15) is 0 Å². The first-order valence-electron chi connectivity index (χ1n) is 13.0. The number of nitro groups is 2. The molecule has 7 nitrogen and oxygen atoms in total. The topological polar surface area (TPSA) is 95.5 Å². The Labute approximate surface area is 209 Å². The van der Waals surface area contributed by atoms with Crippen molar-refractivity contribution in [2.75, 3.05) is 13.2 Å². The Hall–Kier alpha value is -2.80. The molecule has 0 aliphatic rings. The van der Waals surface area contributed by atoms with Crippen LogP contribution < -0.4 is 0 Å². The summed E-state index contributed by atoms with van der Waals surface area (Å²) < 4.78 is 5.79. The molecule has 0 N–H and O–H groups in total. The molecule has 2 aromatic carbocycles. The second kappa shape index (κ2) is 16.0. The van der Waals surface area contributed by atoms with Gasteiger partial charge in [0.2, 0.25) is 0 Å². The van der Waals surface area contributed by atoms with E-state index in [1.807, 2.05) is 24.3 Å². The third-order valence-electron chi connectivity index (χ3n) is 6.81. The molecule has 0 fully saturated rings. The summed E-state index contributed by atoms with van der Waals surface area (Å²) in [5.41, 5.74) is 2.16. The summed E-state index contributed by atoms with van der Waals surface area (Å²) in [4.78, 5) is 22.0. The normalized spacial score (nSPS) is 12.9. The lowest BCUT2D eigenvalue weighted by Gasteiger charge is -2.15. The Morgan fingerprint density at radius 1 is 0.657 bits per heavy atom. The largest absolute Gasteiger partial charge is 0.381 e. The molecule has 0 radical (unpaired) electrons. The Morgan fingerprint density at radius 3 is 1.43 bits per heavy atom. The lowest BCUT2D eigenvalue weighted by atomic mass is 9.90. The quantitative estimate of drug-likeness (QED) is 0.120. The van der Waals surface area contributed by atoms with Gasteiger partial charge in [-0.05, 0) is 50.4 Å². The molecular weight excluding hydrogens is 444 g/mol. The van der Waals surface area contributed by atoms with Gasteiger partial charge in [-0.2, -0.15) is 0 Å². The number of nitrogens with zero attached hydrogens (tertiary/aromatic N) is 2. The van der Waals surface area contributed by atoms with E-state index < -0.39 is 0 Å². The monoisotopic (exact) mass is 484 g/mol. The molecule has 0 aromatic heterocycles. The highest BCUT2D eigenvalue weighted by Crippen LogP contribution is 2.33. The Balaban J connectivity index is 1.57. The number of hydrogen-bond acceptors (Lipinski definition) is 5. The summed E-state index contributed by atoms with van der Waals surface area (Å²) >= 11 is 0. The van der Waals surface area contributed by atoms with Gasteiger partial charge in [-0.1, -0.05) is 75.9 Å². The van der Waals surface area contributed by atoms with Crippen LogP contribution in [0.15, 0.2) is 48.5 Å². The number of para-hydroxylation sites is 2. The van der Waals surface area contributed by atoms with Crippen molar-refractivity contribution >= 4 is 11.4 Å². The third-order valence-corrected chi connectivity index (χ3v) is 6.81. The summed E-state index contributed by atoms with van der Waals surface area (Å²) in [5, 5.41) is 22.6. The molecule has 35 heavy (non-hydrogen) atoms. The SMILES string of the molecule is CCC(CCCCCOCCCCCC(CC)c1ccccc1[N+](=O)[O-])c1ccccc1[N+](=O)[O-]. The highest BCUT2D eigenvalue weighted by Gasteiger charge is 2.20. The minimum atomic E-state index is -0.278. The second-order valence-corrected chi connectivity index (χ2v) is 9.15. The summed E-state index contributed by atoms with van der Waals surface area (Å²) in [6.45, 7) is 5.68. The number of rotatable bonds is 18. The highest BCUT2D eigenvalue weighted by atomic mass is 16.6. The van der Waals surface area contributed by atoms with Crippen LogP contribution in [0.2, 0.25) is 0 Å². The number of nitro benzene ring substituents is 2. The molecule has 2 aromatic rings. The van der Waals surface area contributed by atoms with E-state index in [0.717, 1.165) is 88.5 Å². The van der Waals surface area contributed by atoms with Gasteiger partial charge in [0.25, 0.3) is 11.4 Å². The van der Waals surface area contributed by atoms with Crippen LogP contribution in [0.5, 0.6) is 0 Å². The maximum atomic E-state index is 11.3. The summed E-state index contributed by atoms with van der Waals surface area (Å²) in [6.07, 6.45) is 9.92. The van der Waals surface area contributed by atoms with Crippen molar-refractivity contribution in [2.24, 2.45) is 0 Å². The Bertz CT molecular complexity index is 844. The zero-order valence-electron chi connectivity index (χ0n) is 21.2. The van der Waals surface area contributed by atoms with Crippen molar-refractivity contribution in [1.82, 2.24) is 0 Å². The standard InChI is InChI=1S/C28H40N2O5/c1-3-23(25-17-9-11-19-27(25)29(31)32)15-7-5-13-21-35-22-14-6-8-16-24(4-2)26-18-10-12-20-28(26)30(33)34/h9-12,17-20,23-24H,3-8,13-16,21-22H2,1-2H3. The fraction of sp³-hybridized carbons (Fsp3) is 0.571. The van der Waals surface area contributed by atoms with Gasteiger partial charge in [-0.15, -0.1) is 0 Å². The maximum absolute atomic E-state index is 11.3. The molecule has 192 valence electrons. The number of ether oxygens (including phenoxy) is 1. The van der Waals surface area contributed by atoms with Crippen LogP contribution in [0.1, 0.15) is 101 Å². The van der Waals surface area contributed by atoms with Crippen molar-refractivity contribution in [3.63, 3.8) is 0 Å². The first-order valence-corrected chi connectivity index (χ1v) is 13.0. The first kappa shape index (κ1) is 28.4. The third kappa shape index (κ3) is 9.40. The minimum Gasteiger partial charge on any atom is -0.381 e. The molecule has 0 aliphatic carbocycles. The zero-order valence-corrected chi connectivity index (χ0v) is 21.2. The zero-order chi connectivity index (χ0) is 25.5. The lowest BCUT2D eigenvalue weighted by Crippen LogP contribution is -2.03. The summed E-state index contributed by atoms with van der Waals surface area (Å²) in [5.74, 6) is 0.448. The minimum absolute atomic E-state index is 0.224. The van der Waals surface area contributed by atoms with Crippen molar-refractivity contribution in [1.29, 1.82) is 0 Å². The van der Waals surface area contributed by atoms with Crippen LogP contribution >= 0.6 is 0 Å². The molecule has 0 amide bonds. The van der Waals surface area contributed by atoms with E-state index in [2.05, 4.69) is 13.8 Å². The summed E-state index contributed by atoms with van der Waals surface area (Å²) in [7, 11) is 0. The fourth-order valence-electron chi connectivity index (χ4n) is 4.80. The van der Waals surface area contributed by atoms with Crippen molar-refractivity contribution in [3.8, 4) is 0 Å². The van der Waals surface area contributed by atoms with Crippen LogP contribution in [-0.4, -0.2) is 23.1 Å². The Kier molecular flexibility index (Phi) is 13.0. The maximum Gasteiger partial charge on any atom is 0.272 e. The number of benzene rings is 2. The predicted molar refractivity (Wildman–Crippen MR) is 140 cm³/mol. The van der Waals surface area contributed by atoms with E-state index in [1.165, 1.54) is 0 Å². The fourth-order valence-corrected chi connectivity index (χ4v) is 4.80. The molecule has 0 aliphatic heterocycles. The van der Waals surface area contributed by atoms with E-state index in [4.69, 9.17) is 4.74 Å². The van der Waals surface area contributed by atoms with Gasteiger partial charge in [-0.3, -0.25) is 20.2 Å². The van der Waals surface area contributed by atoms with Gasteiger partial charge >= 0.3 is 0 Å². The molecule has 0 heterocycles. The number of hydrogen-bond donors (Lipinski definition) is 0. The van der Waals surface area contributed by atoms with Crippen molar-refractivity contribution < 1.29 is 14.6 Å². The first-order chi connectivity index (χ1) is 17.0. The lowest BCUT2D eigenvalue weighted by molar-refractivity contribution is -0.385. The average molecular weight is 485 g/mol. The Morgan fingerprint density at radius 2 is 1.06 bits per heavy atom. The molecule has 2 rings (SSSR count). The van der Waals surface area contributed by atoms with Gasteiger partial charge in [0, 0.05) is 36.5 Å². The van der Waals surface area contributed by atoms with E-state index >= 15 is 0 Å². The molecule has 0 spiro atoms. The van der Waals surface area contributed by atoms with Gasteiger partial charge in [-0.25, -0.2) is 0 Å². The molecule has 0 saturated heterocycles. The molecular formula is C28H40N2O5. The number of unbranched alkanes of at least 4 members (excludes halogenated alkanes) is 4. The van der Waals surface area contributed by atoms with Crippen LogP contribution in [0.25, 0.3) is 0 Å². The van der Waals surface area contributed by atoms with Crippen molar-refractivity contribution in [2.45, 2.75) is 89.9 Å². The average Bonchev–Trinajstić information content (AvgIpc) is 2.87. The van der Waals surface area contributed by atoms with Crippen LogP contribution in [0.3, 0.4) is 0 Å². The summed E-state index contributed by atoms with van der Waals surface area (Å²) in [6, 6.07) is 14.2. The molecule has 7 heteroatoms. The van der Waals surface area contributed by atoms with E-state index in [9.17, 15) is 20.2 Å². The van der Waals surface area contributed by atoms with Gasteiger partial charge in [0.05, 0.1) is 9.85 Å². The predicted octanol–water partition coefficient (Wildman–Crippen LogP) is 8.33.